The van der Waals surface area contributed by atoms with E-state index in [0.717, 1.165) is 5.56 Å². The van der Waals surface area contributed by atoms with Crippen LogP contribution in [0.1, 0.15) is 5.76 Å². The van der Waals surface area contributed by atoms with Gasteiger partial charge in [0.05, 0.1) is 11.0 Å². The van der Waals surface area contributed by atoms with Gasteiger partial charge in [0.15, 0.2) is 0 Å². The number of aromatic nitrogens is 5. The average Bonchev–Trinajstić information content (AvgIpc) is 3.38. The standard InChI is InChI=1S/C19H13N5O3/c1-10-15(16(24-27-10)11-5-3-2-4-6-11)18-23-22-17(26-18)12-7-8-13-14(9-12)21-19(25)20-13/h2-9H,1H3,(H2,20,21,25). The first-order chi connectivity index (χ1) is 13.2. The van der Waals surface area contributed by atoms with E-state index in [9.17, 15) is 4.79 Å². The number of hydrogen-bond donors (Lipinski definition) is 2. The van der Waals surface area contributed by atoms with Crippen molar-refractivity contribution in [3.8, 4) is 34.2 Å². The van der Waals surface area contributed by atoms with E-state index in [1.165, 1.54) is 0 Å². The van der Waals surface area contributed by atoms with Gasteiger partial charge in [-0.3, -0.25) is 0 Å². The van der Waals surface area contributed by atoms with Gasteiger partial charge in [0, 0.05) is 11.1 Å². The average molecular weight is 359 g/mol. The minimum Gasteiger partial charge on any atom is -0.416 e. The van der Waals surface area contributed by atoms with Crippen LogP contribution in [0.5, 0.6) is 0 Å². The lowest BCUT2D eigenvalue weighted by atomic mass is 10.1. The van der Waals surface area contributed by atoms with E-state index in [-0.39, 0.29) is 5.69 Å². The van der Waals surface area contributed by atoms with Crippen molar-refractivity contribution in [2.45, 2.75) is 6.92 Å². The van der Waals surface area contributed by atoms with E-state index < -0.39 is 0 Å². The molecule has 0 radical (unpaired) electrons. The Balaban J connectivity index is 1.60. The Morgan fingerprint density at radius 1 is 0.889 bits per heavy atom. The lowest BCUT2D eigenvalue weighted by Gasteiger charge is -1.98. The first-order valence-corrected chi connectivity index (χ1v) is 8.27. The molecule has 0 aliphatic rings. The maximum Gasteiger partial charge on any atom is 0.323 e. The molecule has 8 nitrogen and oxygen atoms in total. The number of nitrogens with zero attached hydrogens (tertiary/aromatic N) is 3. The molecular formula is C19H13N5O3. The predicted molar refractivity (Wildman–Crippen MR) is 97.9 cm³/mol. The summed E-state index contributed by atoms with van der Waals surface area (Å²) in [5.74, 6) is 1.26. The number of benzene rings is 2. The number of H-pyrrole nitrogens is 2. The maximum absolute atomic E-state index is 11.4. The quantitative estimate of drug-likeness (QED) is 0.509. The van der Waals surface area contributed by atoms with Gasteiger partial charge in [-0.1, -0.05) is 35.5 Å². The Morgan fingerprint density at radius 2 is 1.67 bits per heavy atom. The lowest BCUT2D eigenvalue weighted by molar-refractivity contribution is 0.399. The molecule has 0 saturated carbocycles. The van der Waals surface area contributed by atoms with Crippen molar-refractivity contribution in [3.05, 3.63) is 64.8 Å². The van der Waals surface area contributed by atoms with E-state index >= 15 is 0 Å². The molecule has 0 amide bonds. The molecule has 0 bridgehead atoms. The van der Waals surface area contributed by atoms with E-state index in [1.54, 1.807) is 19.1 Å². The highest BCUT2D eigenvalue weighted by molar-refractivity contribution is 5.81. The van der Waals surface area contributed by atoms with Gasteiger partial charge in [-0.15, -0.1) is 10.2 Å². The Morgan fingerprint density at radius 3 is 2.52 bits per heavy atom. The SMILES string of the molecule is Cc1onc(-c2ccccc2)c1-c1nnc(-c2ccc3[nH]c(=O)[nH]c3c2)o1. The summed E-state index contributed by atoms with van der Waals surface area (Å²) in [7, 11) is 0. The number of rotatable bonds is 3. The second-order valence-electron chi connectivity index (χ2n) is 6.08. The summed E-state index contributed by atoms with van der Waals surface area (Å²) >= 11 is 0. The van der Waals surface area contributed by atoms with Crippen LogP contribution in [0, 0.1) is 6.92 Å². The summed E-state index contributed by atoms with van der Waals surface area (Å²) < 4.78 is 11.2. The fourth-order valence-electron chi connectivity index (χ4n) is 3.02. The van der Waals surface area contributed by atoms with Gasteiger partial charge in [-0.05, 0) is 25.1 Å². The van der Waals surface area contributed by atoms with Crippen LogP contribution in [-0.2, 0) is 0 Å². The molecule has 0 aliphatic carbocycles. The Labute approximate surface area is 151 Å². The summed E-state index contributed by atoms with van der Waals surface area (Å²) in [5, 5.41) is 12.5. The van der Waals surface area contributed by atoms with Crippen LogP contribution in [-0.4, -0.2) is 25.3 Å². The zero-order valence-corrected chi connectivity index (χ0v) is 14.2. The third-order valence-electron chi connectivity index (χ3n) is 4.31. The summed E-state index contributed by atoms with van der Waals surface area (Å²) in [5.41, 5.74) is 4.03. The molecule has 0 atom stereocenters. The van der Waals surface area contributed by atoms with Crippen molar-refractivity contribution in [2.24, 2.45) is 0 Å². The number of nitrogens with one attached hydrogen (secondary N) is 2. The third-order valence-corrected chi connectivity index (χ3v) is 4.31. The van der Waals surface area contributed by atoms with E-state index in [4.69, 9.17) is 8.94 Å². The Hall–Kier alpha value is -3.94. The van der Waals surface area contributed by atoms with Gasteiger partial charge in [-0.2, -0.15) is 0 Å². The molecule has 132 valence electrons. The number of imidazole rings is 1. The monoisotopic (exact) mass is 359 g/mol. The normalized spacial score (nSPS) is 11.3. The van der Waals surface area contributed by atoms with Crippen molar-refractivity contribution in [1.29, 1.82) is 0 Å². The van der Waals surface area contributed by atoms with Crippen molar-refractivity contribution in [3.63, 3.8) is 0 Å². The fraction of sp³-hybridized carbons (Fsp3) is 0.0526. The van der Waals surface area contributed by atoms with Gasteiger partial charge in [0.25, 0.3) is 5.89 Å². The zero-order valence-electron chi connectivity index (χ0n) is 14.2. The second-order valence-corrected chi connectivity index (χ2v) is 6.08. The summed E-state index contributed by atoms with van der Waals surface area (Å²) in [6.07, 6.45) is 0. The molecule has 0 fully saturated rings. The molecule has 2 aromatic carbocycles. The largest absolute Gasteiger partial charge is 0.416 e. The summed E-state index contributed by atoms with van der Waals surface area (Å²) in [4.78, 5) is 16.8. The molecule has 0 aliphatic heterocycles. The highest BCUT2D eigenvalue weighted by Crippen LogP contribution is 2.34. The van der Waals surface area contributed by atoms with Crippen LogP contribution in [0.4, 0.5) is 0 Å². The van der Waals surface area contributed by atoms with Crippen LogP contribution in [0.2, 0.25) is 0 Å². The Bertz CT molecular complexity index is 1310. The van der Waals surface area contributed by atoms with Crippen LogP contribution in [0.3, 0.4) is 0 Å². The van der Waals surface area contributed by atoms with Gasteiger partial charge >= 0.3 is 5.69 Å². The molecule has 0 unspecified atom stereocenters. The molecule has 0 saturated heterocycles. The number of fused-ring (bicyclic) bond motifs is 1. The highest BCUT2D eigenvalue weighted by atomic mass is 16.5. The van der Waals surface area contributed by atoms with Gasteiger partial charge < -0.3 is 18.9 Å². The molecule has 5 aromatic rings. The van der Waals surface area contributed by atoms with Crippen molar-refractivity contribution < 1.29 is 8.94 Å². The van der Waals surface area contributed by atoms with Gasteiger partial charge in [0.2, 0.25) is 5.89 Å². The summed E-state index contributed by atoms with van der Waals surface area (Å²) in [6.45, 7) is 1.80. The van der Waals surface area contributed by atoms with E-state index in [1.807, 2.05) is 36.4 Å². The molecule has 27 heavy (non-hydrogen) atoms. The van der Waals surface area contributed by atoms with Gasteiger partial charge in [0.1, 0.15) is 17.0 Å². The van der Waals surface area contributed by atoms with E-state index in [0.29, 0.717) is 45.4 Å². The predicted octanol–water partition coefficient (Wildman–Crippen LogP) is 3.54. The van der Waals surface area contributed by atoms with Crippen LogP contribution >= 0.6 is 0 Å². The van der Waals surface area contributed by atoms with Crippen molar-refractivity contribution in [1.82, 2.24) is 25.3 Å². The van der Waals surface area contributed by atoms with Crippen molar-refractivity contribution >= 4 is 11.0 Å². The van der Waals surface area contributed by atoms with Crippen LogP contribution in [0.15, 0.2) is 62.3 Å². The molecule has 3 heterocycles. The summed E-state index contributed by atoms with van der Waals surface area (Å²) in [6, 6.07) is 15.0. The topological polar surface area (TPSA) is 114 Å². The molecule has 0 spiro atoms. The fourth-order valence-corrected chi connectivity index (χ4v) is 3.02. The van der Waals surface area contributed by atoms with E-state index in [2.05, 4.69) is 25.3 Å². The van der Waals surface area contributed by atoms with Crippen LogP contribution < -0.4 is 5.69 Å². The van der Waals surface area contributed by atoms with Crippen LogP contribution in [0.25, 0.3) is 45.2 Å². The molecule has 8 heteroatoms. The zero-order chi connectivity index (χ0) is 18.4. The van der Waals surface area contributed by atoms with Gasteiger partial charge in [-0.25, -0.2) is 4.79 Å². The molecule has 3 aromatic heterocycles. The Kier molecular flexibility index (Phi) is 3.29. The number of aryl methyl sites for hydroxylation is 1. The maximum atomic E-state index is 11.4. The van der Waals surface area contributed by atoms with Crippen molar-refractivity contribution in [2.75, 3.05) is 0 Å². The first-order valence-electron chi connectivity index (χ1n) is 8.27. The molecule has 5 rings (SSSR count). The number of hydrogen-bond acceptors (Lipinski definition) is 6. The number of aromatic amines is 2. The smallest absolute Gasteiger partial charge is 0.323 e. The minimum atomic E-state index is -0.263. The first kappa shape index (κ1) is 15.3. The third kappa shape index (κ3) is 2.54. The molecule has 2 N–H and O–H groups in total. The lowest BCUT2D eigenvalue weighted by Crippen LogP contribution is -1.99. The second kappa shape index (κ2) is 5.80. The molecular weight excluding hydrogens is 346 g/mol. The minimum absolute atomic E-state index is 0.263. The highest BCUT2D eigenvalue weighted by Gasteiger charge is 2.22.